The van der Waals surface area contributed by atoms with Crippen LogP contribution in [0.4, 0.5) is 0 Å². The lowest BCUT2D eigenvalue weighted by Crippen LogP contribution is -2.64. The van der Waals surface area contributed by atoms with Gasteiger partial charge in [0.15, 0.2) is 5.78 Å². The van der Waals surface area contributed by atoms with Gasteiger partial charge in [-0.3, -0.25) is 14.5 Å². The van der Waals surface area contributed by atoms with E-state index in [0.29, 0.717) is 15.6 Å². The van der Waals surface area contributed by atoms with Crippen LogP contribution in [0.1, 0.15) is 48.0 Å². The minimum atomic E-state index is -0.447. The summed E-state index contributed by atoms with van der Waals surface area (Å²) >= 11 is 14.2. The first kappa shape index (κ1) is 18.6. The monoisotopic (exact) mass is 412 g/mol. The topological polar surface area (TPSA) is 40.6 Å². The smallest absolute Gasteiger partial charge is 0.232 e. The van der Waals surface area contributed by atoms with Gasteiger partial charge in [-0.2, -0.15) is 11.8 Å². The Morgan fingerprint density at radius 3 is 2.62 bits per heavy atom. The van der Waals surface area contributed by atoms with Gasteiger partial charge in [0.1, 0.15) is 5.66 Å². The number of Topliss-reactive ketones (excluding diaryl/α,β-unsaturated/α-hetero) is 1. The summed E-state index contributed by atoms with van der Waals surface area (Å²) in [6.45, 7) is 4.96. The van der Waals surface area contributed by atoms with Crippen LogP contribution in [-0.4, -0.2) is 58.3 Å². The molecule has 26 heavy (non-hydrogen) atoms. The zero-order valence-electron chi connectivity index (χ0n) is 14.8. The molecule has 2 fully saturated rings. The van der Waals surface area contributed by atoms with Gasteiger partial charge in [0.05, 0.1) is 16.0 Å². The number of rotatable bonds is 2. The van der Waals surface area contributed by atoms with E-state index in [-0.39, 0.29) is 23.8 Å². The summed E-state index contributed by atoms with van der Waals surface area (Å²) in [4.78, 5) is 30.4. The van der Waals surface area contributed by atoms with Crippen LogP contribution < -0.4 is 0 Å². The van der Waals surface area contributed by atoms with Gasteiger partial charge in [-0.1, -0.05) is 23.2 Å². The number of carbonyl (C=O) groups is 2. The van der Waals surface area contributed by atoms with Crippen molar-refractivity contribution in [3.63, 3.8) is 0 Å². The molecule has 1 aliphatic carbocycles. The van der Waals surface area contributed by atoms with Crippen LogP contribution >= 0.6 is 35.0 Å². The molecule has 0 bridgehead atoms. The first-order valence-corrected chi connectivity index (χ1v) is 11.0. The van der Waals surface area contributed by atoms with Gasteiger partial charge in [0.2, 0.25) is 5.91 Å². The molecule has 1 amide bonds. The highest BCUT2D eigenvalue weighted by molar-refractivity contribution is 7.99. The number of hydrogen-bond acceptors (Lipinski definition) is 4. The Labute approximate surface area is 168 Å². The van der Waals surface area contributed by atoms with Gasteiger partial charge in [-0.25, -0.2) is 0 Å². The molecule has 0 spiro atoms. The van der Waals surface area contributed by atoms with E-state index >= 15 is 0 Å². The summed E-state index contributed by atoms with van der Waals surface area (Å²) in [5.41, 5.74) is 1.00. The zero-order chi connectivity index (χ0) is 18.5. The maximum atomic E-state index is 13.5. The van der Waals surface area contributed by atoms with E-state index in [9.17, 15) is 9.59 Å². The summed E-state index contributed by atoms with van der Waals surface area (Å²) < 4.78 is 0. The van der Waals surface area contributed by atoms with Gasteiger partial charge < -0.3 is 4.90 Å². The molecule has 7 heteroatoms. The molecule has 2 saturated heterocycles. The molecule has 0 aromatic heterocycles. The molecule has 2 atom stereocenters. The predicted molar refractivity (Wildman–Crippen MR) is 106 cm³/mol. The van der Waals surface area contributed by atoms with E-state index in [0.717, 1.165) is 36.7 Å². The van der Waals surface area contributed by atoms with Crippen molar-refractivity contribution in [2.75, 3.05) is 31.1 Å². The van der Waals surface area contributed by atoms with Crippen LogP contribution in [0, 0.1) is 0 Å². The number of hydrogen-bond donors (Lipinski definition) is 0. The predicted octanol–water partition coefficient (Wildman–Crippen LogP) is 4.05. The number of fused-ring (bicyclic) bond motifs is 1. The Morgan fingerprint density at radius 2 is 1.88 bits per heavy atom. The Bertz CT molecular complexity index is 766. The van der Waals surface area contributed by atoms with Crippen molar-refractivity contribution in [2.24, 2.45) is 0 Å². The second kappa shape index (κ2) is 7.01. The fourth-order valence-corrected chi connectivity index (χ4v) is 5.97. The Morgan fingerprint density at radius 1 is 1.19 bits per heavy atom. The molecule has 2 aliphatic heterocycles. The quantitative estimate of drug-likeness (QED) is 0.734. The number of likely N-dealkylation sites (tertiary alicyclic amines) is 1. The second-order valence-corrected chi connectivity index (χ2v) is 9.41. The summed E-state index contributed by atoms with van der Waals surface area (Å²) in [6.07, 6.45) is 2.58. The third kappa shape index (κ3) is 2.97. The van der Waals surface area contributed by atoms with Gasteiger partial charge in [0.25, 0.3) is 0 Å². The van der Waals surface area contributed by atoms with E-state index in [2.05, 4.69) is 11.8 Å². The average molecular weight is 413 g/mol. The molecule has 4 rings (SSSR count). The zero-order valence-corrected chi connectivity index (χ0v) is 17.1. The van der Waals surface area contributed by atoms with Crippen molar-refractivity contribution < 1.29 is 9.59 Å². The van der Waals surface area contributed by atoms with Gasteiger partial charge in [0, 0.05) is 43.1 Å². The lowest BCUT2D eigenvalue weighted by atomic mass is 9.97. The molecule has 4 nitrogen and oxygen atoms in total. The Hall–Kier alpha value is -0.750. The number of amides is 1. The number of thioether (sulfide) groups is 1. The van der Waals surface area contributed by atoms with Crippen LogP contribution in [0.2, 0.25) is 10.0 Å². The molecule has 1 aromatic carbocycles. The molecule has 0 radical (unpaired) electrons. The van der Waals surface area contributed by atoms with E-state index in [1.807, 2.05) is 16.7 Å². The lowest BCUT2D eigenvalue weighted by molar-refractivity contribution is -0.145. The van der Waals surface area contributed by atoms with Crippen LogP contribution in [0.15, 0.2) is 12.1 Å². The van der Waals surface area contributed by atoms with Crippen LogP contribution in [0.25, 0.3) is 0 Å². The van der Waals surface area contributed by atoms with Crippen LogP contribution in [0.5, 0.6) is 0 Å². The van der Waals surface area contributed by atoms with Crippen molar-refractivity contribution in [3.8, 4) is 0 Å². The molecule has 3 aliphatic rings. The fraction of sp³-hybridized carbons (Fsp3) is 0.579. The fourth-order valence-electron chi connectivity index (χ4n) is 4.45. The van der Waals surface area contributed by atoms with Crippen molar-refractivity contribution in [3.05, 3.63) is 33.3 Å². The highest BCUT2D eigenvalue weighted by Crippen LogP contribution is 2.41. The number of halogens is 2. The summed E-state index contributed by atoms with van der Waals surface area (Å²) in [5.74, 6) is 1.42. The third-order valence-electron chi connectivity index (χ3n) is 5.93. The maximum absolute atomic E-state index is 13.5. The van der Waals surface area contributed by atoms with Crippen molar-refractivity contribution in [2.45, 2.75) is 37.8 Å². The average Bonchev–Trinajstić information content (AvgIpc) is 3.25. The number of carbonyl (C=O) groups excluding carboxylic acids is 2. The van der Waals surface area contributed by atoms with Crippen LogP contribution in [0.3, 0.4) is 0 Å². The molecular formula is C19H22Cl2N2O2S. The van der Waals surface area contributed by atoms with Gasteiger partial charge in [-0.05, 0) is 37.5 Å². The molecule has 140 valence electrons. The highest BCUT2D eigenvalue weighted by atomic mass is 35.5. The number of benzene rings is 1. The summed E-state index contributed by atoms with van der Waals surface area (Å²) in [5, 5.41) is 0.762. The molecule has 2 unspecified atom stereocenters. The minimum absolute atomic E-state index is 0.0221. The van der Waals surface area contributed by atoms with Crippen molar-refractivity contribution in [1.82, 2.24) is 9.80 Å². The third-order valence-corrected chi connectivity index (χ3v) is 7.87. The van der Waals surface area contributed by atoms with Gasteiger partial charge >= 0.3 is 0 Å². The highest BCUT2D eigenvalue weighted by Gasteiger charge is 2.47. The molecule has 2 heterocycles. The first-order chi connectivity index (χ1) is 12.4. The normalized spacial score (nSPS) is 29.3. The molecule has 1 aromatic rings. The van der Waals surface area contributed by atoms with Crippen LogP contribution in [-0.2, 0) is 4.79 Å². The van der Waals surface area contributed by atoms with E-state index in [1.54, 1.807) is 12.1 Å². The van der Waals surface area contributed by atoms with Gasteiger partial charge in [-0.15, -0.1) is 0 Å². The van der Waals surface area contributed by atoms with Crippen molar-refractivity contribution in [1.29, 1.82) is 0 Å². The molecular weight excluding hydrogens is 391 g/mol. The largest absolute Gasteiger partial charge is 0.322 e. The van der Waals surface area contributed by atoms with E-state index < -0.39 is 5.92 Å². The summed E-state index contributed by atoms with van der Waals surface area (Å²) in [7, 11) is 0. The maximum Gasteiger partial charge on any atom is 0.232 e. The lowest BCUT2D eigenvalue weighted by Gasteiger charge is -2.50. The standard InChI is InChI=1S/C19H22Cl2N2O2S/c1-19(22-4-2-3-5-22)11-26-7-6-23(19)18(25)14-10-17(24)13-9-16(21)15(20)8-12(13)14/h8-9,14H,2-7,10-11H2,1H3. The summed E-state index contributed by atoms with van der Waals surface area (Å²) in [6, 6.07) is 3.32. The Kier molecular flexibility index (Phi) is 5.01. The second-order valence-electron chi connectivity index (χ2n) is 7.49. The molecule has 0 N–H and O–H groups in total. The number of nitrogens with zero attached hydrogens (tertiary/aromatic N) is 2. The SMILES string of the molecule is CC1(N2CCCC2)CSCCN1C(=O)C1CC(=O)c2cc(Cl)c(Cl)cc21. The molecule has 0 saturated carbocycles. The van der Waals surface area contributed by atoms with E-state index in [4.69, 9.17) is 23.2 Å². The minimum Gasteiger partial charge on any atom is -0.322 e. The first-order valence-electron chi connectivity index (χ1n) is 9.08. The van der Waals surface area contributed by atoms with Crippen molar-refractivity contribution >= 4 is 46.7 Å². The Balaban J connectivity index is 1.67. The van der Waals surface area contributed by atoms with E-state index in [1.165, 1.54) is 12.8 Å². The number of ketones is 1.